The van der Waals surface area contributed by atoms with E-state index >= 15 is 0 Å². The number of hydrogen-bond acceptors (Lipinski definition) is 4. The number of aliphatic hydroxyl groups is 1. The van der Waals surface area contributed by atoms with E-state index in [1.165, 1.54) is 25.3 Å². The van der Waals surface area contributed by atoms with Gasteiger partial charge in [0.25, 0.3) is 0 Å². The lowest BCUT2D eigenvalue weighted by Gasteiger charge is -2.20. The fourth-order valence-corrected chi connectivity index (χ4v) is 2.98. The highest BCUT2D eigenvalue weighted by molar-refractivity contribution is 7.89. The number of nitrogens with one attached hydrogen (secondary N) is 1. The summed E-state index contributed by atoms with van der Waals surface area (Å²) < 4.78 is 31.7. The zero-order valence-corrected chi connectivity index (χ0v) is 11.8. The van der Waals surface area contributed by atoms with Crippen molar-refractivity contribution in [1.82, 2.24) is 4.72 Å². The van der Waals surface area contributed by atoms with Gasteiger partial charge < -0.3 is 9.84 Å². The zero-order chi connectivity index (χ0) is 14.0. The smallest absolute Gasteiger partial charge is 0.241 e. The summed E-state index contributed by atoms with van der Waals surface area (Å²) in [6.07, 6.45) is 0. The minimum atomic E-state index is -3.59. The second-order valence-corrected chi connectivity index (χ2v) is 6.67. The van der Waals surface area contributed by atoms with Gasteiger partial charge in [-0.05, 0) is 39.0 Å². The molecule has 0 saturated carbocycles. The van der Waals surface area contributed by atoms with E-state index in [9.17, 15) is 13.5 Å². The summed E-state index contributed by atoms with van der Waals surface area (Å²) in [4.78, 5) is 0.113. The van der Waals surface area contributed by atoms with Crippen molar-refractivity contribution in [2.75, 3.05) is 7.11 Å². The average Bonchev–Trinajstić information content (AvgIpc) is 2.24. The molecule has 0 spiro atoms. The van der Waals surface area contributed by atoms with Crippen LogP contribution in [0.3, 0.4) is 0 Å². The Balaban J connectivity index is 3.18. The second-order valence-electron chi connectivity index (χ2n) is 4.99. The van der Waals surface area contributed by atoms with E-state index in [0.717, 1.165) is 0 Å². The minimum Gasteiger partial charge on any atom is -0.496 e. The predicted octanol–water partition coefficient (Wildman–Crippen LogP) is 1.26. The maximum absolute atomic E-state index is 12.1. The van der Waals surface area contributed by atoms with Crippen LogP contribution in [0.1, 0.15) is 26.3 Å². The molecule has 0 atom stereocenters. The van der Waals surface area contributed by atoms with Gasteiger partial charge in [-0.2, -0.15) is 0 Å². The topological polar surface area (TPSA) is 75.6 Å². The van der Waals surface area contributed by atoms with Crippen LogP contribution in [0.15, 0.2) is 23.1 Å². The molecule has 0 aliphatic heterocycles. The number of ether oxygens (including phenoxy) is 1. The SMILES string of the molecule is COc1ccc(S(=O)(=O)NC(C)(C)C)cc1CO. The number of benzene rings is 1. The van der Waals surface area contributed by atoms with E-state index in [-0.39, 0.29) is 11.5 Å². The van der Waals surface area contributed by atoms with E-state index in [1.54, 1.807) is 20.8 Å². The molecule has 0 aliphatic rings. The molecule has 0 amide bonds. The fraction of sp³-hybridized carbons (Fsp3) is 0.500. The van der Waals surface area contributed by atoms with Crippen LogP contribution in [0.2, 0.25) is 0 Å². The van der Waals surface area contributed by atoms with Crippen molar-refractivity contribution in [1.29, 1.82) is 0 Å². The summed E-state index contributed by atoms with van der Waals surface area (Å²) in [5, 5.41) is 9.18. The Morgan fingerprint density at radius 2 is 1.94 bits per heavy atom. The summed E-state index contributed by atoms with van der Waals surface area (Å²) in [5.41, 5.74) is -0.118. The molecule has 6 heteroatoms. The first-order chi connectivity index (χ1) is 8.19. The summed E-state index contributed by atoms with van der Waals surface area (Å²) in [7, 11) is -2.12. The van der Waals surface area contributed by atoms with Crippen molar-refractivity contribution < 1.29 is 18.3 Å². The molecule has 0 aliphatic carbocycles. The third-order valence-electron chi connectivity index (χ3n) is 2.17. The van der Waals surface area contributed by atoms with Gasteiger partial charge in [-0.25, -0.2) is 13.1 Å². The van der Waals surface area contributed by atoms with Gasteiger partial charge in [0, 0.05) is 11.1 Å². The molecule has 1 aromatic rings. The maximum Gasteiger partial charge on any atom is 0.241 e. The highest BCUT2D eigenvalue weighted by atomic mass is 32.2. The van der Waals surface area contributed by atoms with Crippen molar-refractivity contribution in [2.24, 2.45) is 0 Å². The maximum atomic E-state index is 12.1. The van der Waals surface area contributed by atoms with Gasteiger partial charge in [-0.15, -0.1) is 0 Å². The van der Waals surface area contributed by atoms with Crippen LogP contribution < -0.4 is 9.46 Å². The van der Waals surface area contributed by atoms with Crippen molar-refractivity contribution in [2.45, 2.75) is 37.8 Å². The van der Waals surface area contributed by atoms with Crippen molar-refractivity contribution >= 4 is 10.0 Å². The van der Waals surface area contributed by atoms with Crippen LogP contribution in [-0.4, -0.2) is 26.2 Å². The zero-order valence-electron chi connectivity index (χ0n) is 11.0. The molecule has 0 radical (unpaired) electrons. The fourth-order valence-electron chi connectivity index (χ4n) is 1.51. The minimum absolute atomic E-state index is 0.113. The Hall–Kier alpha value is -1.11. The summed E-state index contributed by atoms with van der Waals surface area (Å²) in [6, 6.07) is 4.39. The van der Waals surface area contributed by atoms with Crippen molar-refractivity contribution in [3.05, 3.63) is 23.8 Å². The Kier molecular flexibility index (Phi) is 4.37. The lowest BCUT2D eigenvalue weighted by molar-refractivity contribution is 0.273. The molecule has 1 rings (SSSR count). The molecular formula is C12H19NO4S. The van der Waals surface area contributed by atoms with E-state index in [4.69, 9.17) is 4.74 Å². The Bertz CT molecular complexity index is 517. The Morgan fingerprint density at radius 1 is 1.33 bits per heavy atom. The standard InChI is InChI=1S/C12H19NO4S/c1-12(2,3)13-18(15,16)10-5-6-11(17-4)9(7-10)8-14/h5-7,13-14H,8H2,1-4H3. The lowest BCUT2D eigenvalue weighted by Crippen LogP contribution is -2.40. The van der Waals surface area contributed by atoms with E-state index in [1.807, 2.05) is 0 Å². The summed E-state index contributed by atoms with van der Waals surface area (Å²) in [5.74, 6) is 0.465. The Labute approximate surface area is 108 Å². The normalized spacial score (nSPS) is 12.5. The number of methoxy groups -OCH3 is 1. The lowest BCUT2D eigenvalue weighted by atomic mass is 10.1. The summed E-state index contributed by atoms with van der Waals surface area (Å²) >= 11 is 0. The third-order valence-corrected chi connectivity index (χ3v) is 3.93. The van der Waals surface area contributed by atoms with Gasteiger partial charge in [-0.3, -0.25) is 0 Å². The molecule has 2 N–H and O–H groups in total. The van der Waals surface area contributed by atoms with Gasteiger partial charge in [0.05, 0.1) is 18.6 Å². The number of aliphatic hydroxyl groups excluding tert-OH is 1. The first-order valence-electron chi connectivity index (χ1n) is 5.51. The Morgan fingerprint density at radius 3 is 2.39 bits per heavy atom. The predicted molar refractivity (Wildman–Crippen MR) is 69.0 cm³/mol. The molecule has 1 aromatic carbocycles. The van der Waals surface area contributed by atoms with Crippen molar-refractivity contribution in [3.63, 3.8) is 0 Å². The quantitative estimate of drug-likeness (QED) is 0.866. The molecule has 5 nitrogen and oxygen atoms in total. The van der Waals surface area contributed by atoms with Gasteiger partial charge in [-0.1, -0.05) is 0 Å². The van der Waals surface area contributed by atoms with Crippen LogP contribution in [0.25, 0.3) is 0 Å². The van der Waals surface area contributed by atoms with Crippen LogP contribution in [-0.2, 0) is 16.6 Å². The van der Waals surface area contributed by atoms with Crippen LogP contribution >= 0.6 is 0 Å². The van der Waals surface area contributed by atoms with Crippen LogP contribution in [0.4, 0.5) is 0 Å². The molecule has 0 bridgehead atoms. The molecule has 0 fully saturated rings. The van der Waals surface area contributed by atoms with Gasteiger partial charge >= 0.3 is 0 Å². The number of hydrogen-bond donors (Lipinski definition) is 2. The van der Waals surface area contributed by atoms with Gasteiger partial charge in [0.2, 0.25) is 10.0 Å². The molecule has 0 saturated heterocycles. The first kappa shape index (κ1) is 14.9. The van der Waals surface area contributed by atoms with E-state index < -0.39 is 15.6 Å². The average molecular weight is 273 g/mol. The number of sulfonamides is 1. The van der Waals surface area contributed by atoms with Gasteiger partial charge in [0.15, 0.2) is 0 Å². The monoisotopic (exact) mass is 273 g/mol. The summed E-state index contributed by atoms with van der Waals surface area (Å²) in [6.45, 7) is 5.02. The highest BCUT2D eigenvalue weighted by Crippen LogP contribution is 2.23. The highest BCUT2D eigenvalue weighted by Gasteiger charge is 2.22. The number of rotatable bonds is 4. The van der Waals surface area contributed by atoms with E-state index in [0.29, 0.717) is 11.3 Å². The third kappa shape index (κ3) is 3.69. The molecule has 0 heterocycles. The molecule has 0 aromatic heterocycles. The van der Waals surface area contributed by atoms with Crippen LogP contribution in [0.5, 0.6) is 5.75 Å². The second kappa shape index (κ2) is 5.26. The molecule has 102 valence electrons. The first-order valence-corrected chi connectivity index (χ1v) is 6.99. The molecular weight excluding hydrogens is 254 g/mol. The molecule has 18 heavy (non-hydrogen) atoms. The van der Waals surface area contributed by atoms with Crippen LogP contribution in [0, 0.1) is 0 Å². The van der Waals surface area contributed by atoms with Crippen molar-refractivity contribution in [3.8, 4) is 5.75 Å². The largest absolute Gasteiger partial charge is 0.496 e. The van der Waals surface area contributed by atoms with E-state index in [2.05, 4.69) is 4.72 Å². The molecule has 0 unspecified atom stereocenters. The van der Waals surface area contributed by atoms with Gasteiger partial charge in [0.1, 0.15) is 5.75 Å².